The van der Waals surface area contributed by atoms with Crippen molar-refractivity contribution in [2.24, 2.45) is 7.05 Å². The highest BCUT2D eigenvalue weighted by Crippen LogP contribution is 2.17. The molecule has 0 radical (unpaired) electrons. The van der Waals surface area contributed by atoms with Crippen molar-refractivity contribution in [1.29, 1.82) is 0 Å². The number of aromatic amines is 1. The SMILES string of the molecule is Cn1c(=O)[nH]c(=O)c2c1ncn2Cc1noc(-c2ccccc2)n1. The number of aromatic nitrogens is 6. The zero-order valence-corrected chi connectivity index (χ0v) is 12.6. The Morgan fingerprint density at radius 3 is 2.79 bits per heavy atom. The highest BCUT2D eigenvalue weighted by molar-refractivity contribution is 5.69. The first-order valence-electron chi connectivity index (χ1n) is 7.15. The third-order valence-electron chi connectivity index (χ3n) is 3.68. The molecule has 0 aliphatic heterocycles. The van der Waals surface area contributed by atoms with Crippen molar-refractivity contribution in [2.45, 2.75) is 6.54 Å². The molecule has 0 amide bonds. The van der Waals surface area contributed by atoms with Crippen LogP contribution in [0.5, 0.6) is 0 Å². The van der Waals surface area contributed by atoms with E-state index in [1.54, 1.807) is 11.6 Å². The third kappa shape index (κ3) is 2.22. The number of nitrogens with zero attached hydrogens (tertiary/aromatic N) is 5. The molecule has 0 aliphatic carbocycles. The molecule has 9 nitrogen and oxygen atoms in total. The lowest BCUT2D eigenvalue weighted by Gasteiger charge is -2.00. The highest BCUT2D eigenvalue weighted by atomic mass is 16.5. The minimum absolute atomic E-state index is 0.202. The molecule has 3 heterocycles. The summed E-state index contributed by atoms with van der Waals surface area (Å²) in [7, 11) is 1.54. The molecule has 0 saturated carbocycles. The molecule has 0 fully saturated rings. The predicted octanol–water partition coefficient (Wildman–Crippen LogP) is 0.522. The van der Waals surface area contributed by atoms with Crippen LogP contribution in [0, 0.1) is 0 Å². The molecule has 3 aromatic heterocycles. The zero-order valence-electron chi connectivity index (χ0n) is 12.6. The first kappa shape index (κ1) is 14.1. The van der Waals surface area contributed by atoms with Crippen LogP contribution in [0.15, 0.2) is 50.8 Å². The molecule has 120 valence electrons. The second-order valence-electron chi connectivity index (χ2n) is 5.24. The van der Waals surface area contributed by atoms with Crippen LogP contribution in [0.3, 0.4) is 0 Å². The summed E-state index contributed by atoms with van der Waals surface area (Å²) in [6.07, 6.45) is 1.47. The molecule has 0 aliphatic rings. The first-order valence-corrected chi connectivity index (χ1v) is 7.15. The maximum absolute atomic E-state index is 12.1. The summed E-state index contributed by atoms with van der Waals surface area (Å²) in [5.74, 6) is 0.803. The number of H-pyrrole nitrogens is 1. The Labute approximate surface area is 134 Å². The van der Waals surface area contributed by atoms with E-state index >= 15 is 0 Å². The molecular weight excluding hydrogens is 312 g/mol. The number of hydrogen-bond donors (Lipinski definition) is 1. The number of nitrogens with one attached hydrogen (secondary N) is 1. The van der Waals surface area contributed by atoms with Gasteiger partial charge in [0.05, 0.1) is 12.9 Å². The van der Waals surface area contributed by atoms with E-state index in [2.05, 4.69) is 20.1 Å². The Morgan fingerprint density at radius 2 is 2.00 bits per heavy atom. The van der Waals surface area contributed by atoms with Gasteiger partial charge in [-0.15, -0.1) is 0 Å². The molecule has 0 spiro atoms. The van der Waals surface area contributed by atoms with Crippen LogP contribution in [0.4, 0.5) is 0 Å². The van der Waals surface area contributed by atoms with E-state index in [4.69, 9.17) is 4.52 Å². The van der Waals surface area contributed by atoms with Gasteiger partial charge in [-0.3, -0.25) is 14.3 Å². The van der Waals surface area contributed by atoms with Crippen LogP contribution in [-0.4, -0.2) is 29.2 Å². The normalized spacial score (nSPS) is 11.2. The van der Waals surface area contributed by atoms with Gasteiger partial charge in [0.15, 0.2) is 17.0 Å². The summed E-state index contributed by atoms with van der Waals surface area (Å²) in [5, 5.41) is 3.93. The van der Waals surface area contributed by atoms with Gasteiger partial charge in [-0.1, -0.05) is 23.4 Å². The van der Waals surface area contributed by atoms with Gasteiger partial charge in [0.25, 0.3) is 11.4 Å². The fourth-order valence-corrected chi connectivity index (χ4v) is 2.47. The molecule has 24 heavy (non-hydrogen) atoms. The highest BCUT2D eigenvalue weighted by Gasteiger charge is 2.14. The number of hydrogen-bond acceptors (Lipinski definition) is 6. The van der Waals surface area contributed by atoms with E-state index in [0.717, 1.165) is 5.56 Å². The third-order valence-corrected chi connectivity index (χ3v) is 3.68. The average Bonchev–Trinajstić information content (AvgIpc) is 3.22. The van der Waals surface area contributed by atoms with Crippen molar-refractivity contribution < 1.29 is 4.52 Å². The van der Waals surface area contributed by atoms with Crippen molar-refractivity contribution in [1.82, 2.24) is 29.2 Å². The van der Waals surface area contributed by atoms with E-state index in [1.165, 1.54) is 10.9 Å². The largest absolute Gasteiger partial charge is 0.334 e. The van der Waals surface area contributed by atoms with E-state index in [-0.39, 0.29) is 12.1 Å². The van der Waals surface area contributed by atoms with Gasteiger partial charge >= 0.3 is 5.69 Å². The van der Waals surface area contributed by atoms with Crippen molar-refractivity contribution in [3.63, 3.8) is 0 Å². The van der Waals surface area contributed by atoms with Gasteiger partial charge in [0, 0.05) is 12.6 Å². The van der Waals surface area contributed by atoms with Gasteiger partial charge in [-0.05, 0) is 12.1 Å². The second-order valence-corrected chi connectivity index (χ2v) is 5.24. The second kappa shape index (κ2) is 5.30. The molecule has 0 bridgehead atoms. The molecule has 9 heteroatoms. The average molecular weight is 324 g/mol. The molecule has 0 saturated heterocycles. The van der Waals surface area contributed by atoms with Crippen molar-refractivity contribution in [2.75, 3.05) is 0 Å². The Kier molecular flexibility index (Phi) is 3.12. The van der Waals surface area contributed by atoms with E-state index < -0.39 is 11.2 Å². The first-order chi connectivity index (χ1) is 11.6. The number of aryl methyl sites for hydroxylation is 1. The quantitative estimate of drug-likeness (QED) is 0.588. The van der Waals surface area contributed by atoms with Crippen LogP contribution in [0.2, 0.25) is 0 Å². The van der Waals surface area contributed by atoms with Gasteiger partial charge in [-0.25, -0.2) is 9.78 Å². The topological polar surface area (TPSA) is 112 Å². The molecule has 1 aromatic carbocycles. The maximum Gasteiger partial charge on any atom is 0.329 e. The summed E-state index contributed by atoms with van der Waals surface area (Å²) in [4.78, 5) is 34.4. The maximum atomic E-state index is 12.1. The fourth-order valence-electron chi connectivity index (χ4n) is 2.47. The van der Waals surface area contributed by atoms with Crippen molar-refractivity contribution in [3.8, 4) is 11.5 Å². The van der Waals surface area contributed by atoms with Crippen LogP contribution in [0.1, 0.15) is 5.82 Å². The lowest BCUT2D eigenvalue weighted by atomic mass is 10.2. The van der Waals surface area contributed by atoms with Crippen LogP contribution in [-0.2, 0) is 13.6 Å². The van der Waals surface area contributed by atoms with Crippen molar-refractivity contribution in [3.05, 3.63) is 63.3 Å². The van der Waals surface area contributed by atoms with Gasteiger partial charge in [0.2, 0.25) is 0 Å². The summed E-state index contributed by atoms with van der Waals surface area (Å²) >= 11 is 0. The van der Waals surface area contributed by atoms with Crippen LogP contribution >= 0.6 is 0 Å². The Morgan fingerprint density at radius 1 is 1.21 bits per heavy atom. The van der Waals surface area contributed by atoms with E-state index in [0.29, 0.717) is 17.4 Å². The number of rotatable bonds is 3. The Hall–Kier alpha value is -3.49. The molecule has 4 rings (SSSR count). The smallest absolute Gasteiger partial charge is 0.329 e. The zero-order chi connectivity index (χ0) is 16.7. The van der Waals surface area contributed by atoms with E-state index in [9.17, 15) is 9.59 Å². The van der Waals surface area contributed by atoms with Crippen LogP contribution in [0.25, 0.3) is 22.6 Å². The summed E-state index contributed by atoms with van der Waals surface area (Å²) < 4.78 is 8.10. The van der Waals surface area contributed by atoms with E-state index in [1.807, 2.05) is 30.3 Å². The number of imidazole rings is 1. The minimum Gasteiger partial charge on any atom is -0.334 e. The van der Waals surface area contributed by atoms with Gasteiger partial charge < -0.3 is 9.09 Å². The lowest BCUT2D eigenvalue weighted by Crippen LogP contribution is -2.29. The predicted molar refractivity (Wildman–Crippen MR) is 84.4 cm³/mol. The Bertz CT molecular complexity index is 1140. The van der Waals surface area contributed by atoms with Crippen molar-refractivity contribution >= 4 is 11.2 Å². The van der Waals surface area contributed by atoms with Crippen LogP contribution < -0.4 is 11.2 Å². The molecule has 0 unspecified atom stereocenters. The van der Waals surface area contributed by atoms with Gasteiger partial charge in [-0.2, -0.15) is 4.98 Å². The minimum atomic E-state index is -0.510. The Balaban J connectivity index is 1.74. The molecule has 4 aromatic rings. The summed E-state index contributed by atoms with van der Waals surface area (Å²) in [6.45, 7) is 0.202. The summed E-state index contributed by atoms with van der Waals surface area (Å²) in [5.41, 5.74) is 0.381. The van der Waals surface area contributed by atoms with Gasteiger partial charge in [0.1, 0.15) is 0 Å². The molecular formula is C15H12N6O3. The molecule has 0 atom stereocenters. The summed E-state index contributed by atoms with van der Waals surface area (Å²) in [6, 6.07) is 9.38. The fraction of sp³-hybridized carbons (Fsp3) is 0.133. The monoisotopic (exact) mass is 324 g/mol. The molecule has 1 N–H and O–H groups in total. The standard InChI is InChI=1S/C15H12N6O3/c1-20-12-11(13(22)18-15(20)23)21(8-16-12)7-10-17-14(24-19-10)9-5-3-2-4-6-9/h2-6,8H,7H2,1H3,(H,18,22,23). The lowest BCUT2D eigenvalue weighted by molar-refractivity contribution is 0.421. The number of fused-ring (bicyclic) bond motifs is 1. The number of benzene rings is 1.